The first-order valence-electron chi connectivity index (χ1n) is 7.13. The van der Waals surface area contributed by atoms with Gasteiger partial charge < -0.3 is 9.47 Å². The molecule has 0 aliphatic rings. The molecule has 0 heterocycles. The zero-order valence-corrected chi connectivity index (χ0v) is 14.2. The van der Waals surface area contributed by atoms with E-state index in [-0.39, 0.29) is 4.90 Å². The Balaban J connectivity index is 2.26. The van der Waals surface area contributed by atoms with Crippen LogP contribution in [0.1, 0.15) is 11.6 Å². The maximum absolute atomic E-state index is 12.5. The van der Waals surface area contributed by atoms with E-state index in [4.69, 9.17) is 0 Å². The second kappa shape index (κ2) is 7.75. The van der Waals surface area contributed by atoms with E-state index in [1.165, 1.54) is 12.1 Å². The van der Waals surface area contributed by atoms with Gasteiger partial charge in [0.05, 0.1) is 12.0 Å². The van der Waals surface area contributed by atoms with Crippen molar-refractivity contribution in [3.8, 4) is 5.75 Å². The highest BCUT2D eigenvalue weighted by Crippen LogP contribution is 2.25. The molecule has 1 unspecified atom stereocenters. The summed E-state index contributed by atoms with van der Waals surface area (Å²) >= 11 is 0. The van der Waals surface area contributed by atoms with Gasteiger partial charge in [-0.05, 0) is 29.8 Å². The summed E-state index contributed by atoms with van der Waals surface area (Å²) in [6.07, 6.45) is -4.89. The lowest BCUT2D eigenvalue weighted by atomic mass is 10.1. The monoisotopic (exact) mass is 389 g/mol. The van der Waals surface area contributed by atoms with Crippen molar-refractivity contribution in [3.05, 3.63) is 60.2 Å². The molecular weight excluding hydrogens is 375 g/mol. The fourth-order valence-electron chi connectivity index (χ4n) is 2.06. The number of benzene rings is 2. The molecule has 0 radical (unpaired) electrons. The van der Waals surface area contributed by atoms with Gasteiger partial charge in [-0.2, -0.15) is 4.72 Å². The van der Waals surface area contributed by atoms with Crippen molar-refractivity contribution in [1.82, 2.24) is 4.72 Å². The highest BCUT2D eigenvalue weighted by molar-refractivity contribution is 7.89. The third-order valence-corrected chi connectivity index (χ3v) is 4.65. The zero-order valence-electron chi connectivity index (χ0n) is 13.4. The molecule has 2 rings (SSSR count). The molecule has 0 aliphatic carbocycles. The van der Waals surface area contributed by atoms with Crippen molar-refractivity contribution >= 4 is 16.0 Å². The van der Waals surface area contributed by atoms with Gasteiger partial charge in [-0.15, -0.1) is 13.2 Å². The summed E-state index contributed by atoms with van der Waals surface area (Å²) in [5.74, 6) is -1.40. The van der Waals surface area contributed by atoms with Gasteiger partial charge in [0.2, 0.25) is 10.0 Å². The summed E-state index contributed by atoms with van der Waals surface area (Å²) in [4.78, 5) is 11.6. The number of carbonyl (C=O) groups excluding carboxylic acids is 1. The number of sulfonamides is 1. The predicted octanol–water partition coefficient (Wildman–Crippen LogP) is 2.78. The topological polar surface area (TPSA) is 81.7 Å². The van der Waals surface area contributed by atoms with Crippen LogP contribution >= 0.6 is 0 Å². The Morgan fingerprint density at radius 3 is 2.12 bits per heavy atom. The normalized spacial score (nSPS) is 13.1. The lowest BCUT2D eigenvalue weighted by Gasteiger charge is -2.17. The highest BCUT2D eigenvalue weighted by atomic mass is 32.2. The second-order valence-corrected chi connectivity index (χ2v) is 6.72. The summed E-state index contributed by atoms with van der Waals surface area (Å²) in [6.45, 7) is 0. The van der Waals surface area contributed by atoms with Crippen molar-refractivity contribution in [2.45, 2.75) is 17.3 Å². The van der Waals surface area contributed by atoms with Crippen molar-refractivity contribution in [2.75, 3.05) is 7.11 Å². The largest absolute Gasteiger partial charge is 0.573 e. The average Bonchev–Trinajstić information content (AvgIpc) is 2.59. The van der Waals surface area contributed by atoms with E-state index in [2.05, 4.69) is 14.2 Å². The third-order valence-electron chi connectivity index (χ3n) is 3.21. The molecule has 0 aliphatic heterocycles. The van der Waals surface area contributed by atoms with Gasteiger partial charge in [0.15, 0.2) is 0 Å². The molecule has 1 atom stereocenters. The molecule has 0 saturated heterocycles. The lowest BCUT2D eigenvalue weighted by molar-refractivity contribution is -0.274. The number of rotatable bonds is 6. The molecule has 10 heteroatoms. The molecule has 2 aromatic rings. The van der Waals surface area contributed by atoms with Gasteiger partial charge in [0, 0.05) is 0 Å². The number of esters is 1. The zero-order chi connectivity index (χ0) is 19.4. The van der Waals surface area contributed by atoms with E-state index >= 15 is 0 Å². The Kier molecular flexibility index (Phi) is 5.88. The van der Waals surface area contributed by atoms with Gasteiger partial charge in [-0.25, -0.2) is 13.2 Å². The second-order valence-electron chi connectivity index (χ2n) is 5.01. The molecular formula is C16H14F3NO5S. The Hall–Kier alpha value is -2.59. The minimum atomic E-state index is -4.89. The Morgan fingerprint density at radius 2 is 1.62 bits per heavy atom. The number of ether oxygens (including phenoxy) is 2. The molecule has 0 amide bonds. The fraction of sp³-hybridized carbons (Fsp3) is 0.188. The number of alkyl halides is 3. The van der Waals surface area contributed by atoms with E-state index < -0.39 is 34.1 Å². The summed E-state index contributed by atoms with van der Waals surface area (Å²) in [5.41, 5.74) is 0.347. The quantitative estimate of drug-likeness (QED) is 0.769. The summed E-state index contributed by atoms with van der Waals surface area (Å²) in [7, 11) is -3.10. The molecule has 1 N–H and O–H groups in total. The van der Waals surface area contributed by atoms with Crippen molar-refractivity contribution in [1.29, 1.82) is 0 Å². The van der Waals surface area contributed by atoms with E-state index in [1.807, 2.05) is 0 Å². The molecule has 0 spiro atoms. The molecule has 2 aromatic carbocycles. The first kappa shape index (κ1) is 19.7. The number of nitrogens with one attached hydrogen (secondary N) is 1. The van der Waals surface area contributed by atoms with Crippen LogP contribution in [0.25, 0.3) is 0 Å². The Bertz CT molecular complexity index is 852. The number of halogens is 3. The molecule has 140 valence electrons. The summed E-state index contributed by atoms with van der Waals surface area (Å²) in [6, 6.07) is 10.3. The Morgan fingerprint density at radius 1 is 1.04 bits per heavy atom. The number of hydrogen-bond donors (Lipinski definition) is 1. The maximum atomic E-state index is 12.5. The smallest absolute Gasteiger partial charge is 0.468 e. The molecule has 0 bridgehead atoms. The van der Waals surface area contributed by atoms with Crippen molar-refractivity contribution in [3.63, 3.8) is 0 Å². The first-order chi connectivity index (χ1) is 12.1. The van der Waals surface area contributed by atoms with E-state index in [1.54, 1.807) is 18.2 Å². The fourth-order valence-corrected chi connectivity index (χ4v) is 3.23. The van der Waals surface area contributed by atoms with Crippen LogP contribution in [0.3, 0.4) is 0 Å². The van der Waals surface area contributed by atoms with Crippen LogP contribution in [0.4, 0.5) is 13.2 Å². The van der Waals surface area contributed by atoms with E-state index in [9.17, 15) is 26.4 Å². The molecule has 0 aromatic heterocycles. The highest BCUT2D eigenvalue weighted by Gasteiger charge is 2.32. The van der Waals surface area contributed by atoms with Gasteiger partial charge in [-0.1, -0.05) is 30.3 Å². The van der Waals surface area contributed by atoms with Crippen LogP contribution in [0.15, 0.2) is 59.5 Å². The van der Waals surface area contributed by atoms with Crippen LogP contribution in [-0.2, 0) is 19.6 Å². The summed E-state index contributed by atoms with van der Waals surface area (Å²) < 4.78 is 71.9. The van der Waals surface area contributed by atoms with Gasteiger partial charge in [0.25, 0.3) is 0 Å². The van der Waals surface area contributed by atoms with Crippen LogP contribution in [-0.4, -0.2) is 27.9 Å². The van der Waals surface area contributed by atoms with Crippen molar-refractivity contribution < 1.29 is 35.9 Å². The first-order valence-corrected chi connectivity index (χ1v) is 8.61. The average molecular weight is 389 g/mol. The van der Waals surface area contributed by atoms with Crippen molar-refractivity contribution in [2.24, 2.45) is 0 Å². The van der Waals surface area contributed by atoms with E-state index in [0.29, 0.717) is 5.56 Å². The Labute approximate surface area is 147 Å². The predicted molar refractivity (Wildman–Crippen MR) is 84.6 cm³/mol. The standard InChI is InChI=1S/C16H14F3NO5S/c1-24-15(21)14(11-5-3-2-4-6-11)20-26(22,23)13-9-7-12(8-10-13)25-16(17,18)19/h2-10,14,20H,1H3. The van der Waals surface area contributed by atoms with Gasteiger partial charge >= 0.3 is 12.3 Å². The number of hydrogen-bond acceptors (Lipinski definition) is 5. The molecule has 0 saturated carbocycles. The maximum Gasteiger partial charge on any atom is 0.573 e. The summed E-state index contributed by atoms with van der Waals surface area (Å²) in [5, 5.41) is 0. The van der Waals surface area contributed by atoms with Gasteiger partial charge in [-0.3, -0.25) is 0 Å². The lowest BCUT2D eigenvalue weighted by Crippen LogP contribution is -2.34. The van der Waals surface area contributed by atoms with Crippen LogP contribution in [0.5, 0.6) is 5.75 Å². The SMILES string of the molecule is COC(=O)C(NS(=O)(=O)c1ccc(OC(F)(F)F)cc1)c1ccccc1. The van der Waals surface area contributed by atoms with Crippen LogP contribution < -0.4 is 9.46 Å². The number of methoxy groups -OCH3 is 1. The van der Waals surface area contributed by atoms with Gasteiger partial charge in [0.1, 0.15) is 11.8 Å². The van der Waals surface area contributed by atoms with E-state index in [0.717, 1.165) is 31.4 Å². The molecule has 26 heavy (non-hydrogen) atoms. The molecule has 6 nitrogen and oxygen atoms in total. The minimum Gasteiger partial charge on any atom is -0.468 e. The van der Waals surface area contributed by atoms with Crippen LogP contribution in [0, 0.1) is 0 Å². The third kappa shape index (κ3) is 5.20. The van der Waals surface area contributed by atoms with Crippen LogP contribution in [0.2, 0.25) is 0 Å². The number of carbonyl (C=O) groups is 1. The molecule has 0 fully saturated rings. The minimum absolute atomic E-state index is 0.336.